The zero-order chi connectivity index (χ0) is 8.97. The topological polar surface area (TPSA) is 46.0 Å². The lowest BCUT2D eigenvalue weighted by atomic mass is 10.4. The van der Waals surface area contributed by atoms with Crippen LogP contribution in [0.15, 0.2) is 12.4 Å². The van der Waals surface area contributed by atoms with Gasteiger partial charge in [0, 0.05) is 0 Å². The Morgan fingerprint density at radius 3 is 2.58 bits per heavy atom. The number of aliphatic hydroxyl groups is 1. The molecule has 0 saturated carbocycles. The van der Waals surface area contributed by atoms with Crippen molar-refractivity contribution in [2.75, 3.05) is 0 Å². The molecule has 3 nitrogen and oxygen atoms in total. The molecule has 12 heavy (non-hydrogen) atoms. The smallest absolute Gasteiger partial charge is 0.205 e. The van der Waals surface area contributed by atoms with Gasteiger partial charge in [-0.3, -0.25) is 0 Å². The van der Waals surface area contributed by atoms with Crippen LogP contribution < -0.4 is 0 Å². The lowest BCUT2D eigenvalue weighted by molar-refractivity contribution is 0.253. The largest absolute Gasteiger partial charge is 0.381 e. The maximum absolute atomic E-state index is 12.3. The third-order valence-electron chi connectivity index (χ3n) is 1.01. The summed E-state index contributed by atoms with van der Waals surface area (Å²) in [7, 11) is 0. The monoisotopic (exact) mass is 166 g/mol. The number of halogens is 1. The fourth-order valence-electron chi connectivity index (χ4n) is 0.546. The second kappa shape index (κ2) is 3.79. The van der Waals surface area contributed by atoms with Crippen molar-refractivity contribution < 1.29 is 9.50 Å². The Kier molecular flexibility index (Phi) is 2.72. The average Bonchev–Trinajstić information content (AvgIpc) is 2.03. The summed E-state index contributed by atoms with van der Waals surface area (Å²) in [5.74, 6) is 4.63. The highest BCUT2D eigenvalue weighted by atomic mass is 19.1. The van der Waals surface area contributed by atoms with E-state index < -0.39 is 11.9 Å². The van der Waals surface area contributed by atoms with Gasteiger partial charge in [-0.15, -0.1) is 0 Å². The number of hydrogen-bond acceptors (Lipinski definition) is 3. The quantitative estimate of drug-likeness (QED) is 0.565. The molecule has 1 atom stereocenters. The van der Waals surface area contributed by atoms with E-state index in [2.05, 4.69) is 21.8 Å². The Hall–Kier alpha value is -1.47. The molecule has 1 aromatic heterocycles. The van der Waals surface area contributed by atoms with Crippen molar-refractivity contribution in [3.05, 3.63) is 24.0 Å². The van der Waals surface area contributed by atoms with E-state index in [1.165, 1.54) is 6.92 Å². The Morgan fingerprint density at radius 1 is 1.50 bits per heavy atom. The van der Waals surface area contributed by atoms with Gasteiger partial charge in [0.25, 0.3) is 0 Å². The van der Waals surface area contributed by atoms with E-state index in [0.29, 0.717) is 0 Å². The normalized spacial score (nSPS) is 11.6. The van der Waals surface area contributed by atoms with Gasteiger partial charge in [-0.1, -0.05) is 5.92 Å². The number of aromatic nitrogens is 2. The Bertz CT molecular complexity index is 310. The second-order valence-electron chi connectivity index (χ2n) is 2.17. The molecular weight excluding hydrogens is 159 g/mol. The van der Waals surface area contributed by atoms with Crippen molar-refractivity contribution in [3.63, 3.8) is 0 Å². The molecule has 1 aromatic rings. The second-order valence-corrected chi connectivity index (χ2v) is 2.17. The minimum Gasteiger partial charge on any atom is -0.381 e. The molecule has 0 aliphatic carbocycles. The molecule has 1 N–H and O–H groups in total. The summed E-state index contributed by atoms with van der Waals surface area (Å²) < 4.78 is 12.3. The number of aliphatic hydroxyl groups excluding tert-OH is 1. The summed E-state index contributed by atoms with van der Waals surface area (Å²) >= 11 is 0. The fraction of sp³-hybridized carbons (Fsp3) is 0.250. The van der Waals surface area contributed by atoms with Crippen molar-refractivity contribution in [1.82, 2.24) is 9.97 Å². The predicted octanol–water partition coefficient (Wildman–Crippen LogP) is 0.348. The number of rotatable bonds is 0. The zero-order valence-corrected chi connectivity index (χ0v) is 6.45. The van der Waals surface area contributed by atoms with E-state index in [0.717, 1.165) is 12.4 Å². The number of nitrogens with zero attached hydrogens (tertiary/aromatic N) is 2. The van der Waals surface area contributed by atoms with E-state index >= 15 is 0 Å². The third-order valence-corrected chi connectivity index (χ3v) is 1.01. The maximum atomic E-state index is 12.3. The van der Waals surface area contributed by atoms with E-state index in [9.17, 15) is 4.39 Å². The standard InChI is InChI=1S/C8H7FN2O/c1-6(12)2-3-8-10-4-7(9)5-11-8/h4-6,12H,1H3/t6-/m0/s1. The van der Waals surface area contributed by atoms with E-state index in [4.69, 9.17) is 5.11 Å². The molecule has 0 spiro atoms. The van der Waals surface area contributed by atoms with Gasteiger partial charge in [-0.2, -0.15) is 0 Å². The molecule has 0 bridgehead atoms. The predicted molar refractivity (Wildman–Crippen MR) is 40.5 cm³/mol. The lowest BCUT2D eigenvalue weighted by Crippen LogP contribution is -1.95. The van der Waals surface area contributed by atoms with Crippen LogP contribution in [0, 0.1) is 17.7 Å². The van der Waals surface area contributed by atoms with Crippen LogP contribution in [0.25, 0.3) is 0 Å². The molecule has 0 amide bonds. The molecule has 0 saturated heterocycles. The third kappa shape index (κ3) is 2.64. The average molecular weight is 166 g/mol. The van der Waals surface area contributed by atoms with Gasteiger partial charge >= 0.3 is 0 Å². The summed E-state index contributed by atoms with van der Waals surface area (Å²) in [6.45, 7) is 1.52. The first kappa shape index (κ1) is 8.62. The van der Waals surface area contributed by atoms with Crippen molar-refractivity contribution in [2.24, 2.45) is 0 Å². The molecule has 1 rings (SSSR count). The highest BCUT2D eigenvalue weighted by Gasteiger charge is 1.91. The molecule has 0 unspecified atom stereocenters. The summed E-state index contributed by atoms with van der Waals surface area (Å²) in [5.41, 5.74) is 0. The van der Waals surface area contributed by atoms with E-state index in [1.54, 1.807) is 0 Å². The lowest BCUT2D eigenvalue weighted by Gasteiger charge is -1.89. The van der Waals surface area contributed by atoms with Crippen molar-refractivity contribution >= 4 is 0 Å². The first-order valence-electron chi connectivity index (χ1n) is 3.35. The fourth-order valence-corrected chi connectivity index (χ4v) is 0.546. The van der Waals surface area contributed by atoms with E-state index in [-0.39, 0.29) is 5.82 Å². The Balaban J connectivity index is 2.79. The molecule has 0 fully saturated rings. The van der Waals surface area contributed by atoms with Crippen LogP contribution in [0.2, 0.25) is 0 Å². The summed E-state index contributed by atoms with van der Waals surface area (Å²) in [6, 6.07) is 0. The van der Waals surface area contributed by atoms with Crippen LogP contribution in [0.1, 0.15) is 12.7 Å². The van der Waals surface area contributed by atoms with Gasteiger partial charge in [-0.05, 0) is 12.8 Å². The summed E-state index contributed by atoms with van der Waals surface area (Å²) in [6.07, 6.45) is 1.33. The molecule has 0 aliphatic rings. The minimum atomic E-state index is -0.723. The SMILES string of the molecule is C[C@H](O)C#Cc1ncc(F)cn1. The van der Waals surface area contributed by atoms with Crippen LogP contribution >= 0.6 is 0 Å². The van der Waals surface area contributed by atoms with Crippen LogP contribution in [-0.4, -0.2) is 21.2 Å². The molecular formula is C8H7FN2O. The maximum Gasteiger partial charge on any atom is 0.205 e. The van der Waals surface area contributed by atoms with E-state index in [1.807, 2.05) is 0 Å². The molecule has 62 valence electrons. The Morgan fingerprint density at radius 2 is 2.08 bits per heavy atom. The molecule has 1 heterocycles. The molecule has 0 aromatic carbocycles. The summed E-state index contributed by atoms with van der Waals surface area (Å²) in [4.78, 5) is 7.16. The van der Waals surface area contributed by atoms with Gasteiger partial charge < -0.3 is 5.11 Å². The van der Waals surface area contributed by atoms with Crippen LogP contribution in [-0.2, 0) is 0 Å². The summed E-state index contributed by atoms with van der Waals surface area (Å²) in [5, 5.41) is 8.77. The first-order chi connectivity index (χ1) is 5.68. The highest BCUT2D eigenvalue weighted by molar-refractivity contribution is 5.21. The van der Waals surface area contributed by atoms with Crippen molar-refractivity contribution in [1.29, 1.82) is 0 Å². The van der Waals surface area contributed by atoms with Crippen LogP contribution in [0.4, 0.5) is 4.39 Å². The van der Waals surface area contributed by atoms with Crippen LogP contribution in [0.3, 0.4) is 0 Å². The van der Waals surface area contributed by atoms with Gasteiger partial charge in [-0.25, -0.2) is 14.4 Å². The zero-order valence-electron chi connectivity index (χ0n) is 6.45. The Labute approximate surface area is 69.3 Å². The van der Waals surface area contributed by atoms with Gasteiger partial charge in [0.2, 0.25) is 5.82 Å². The van der Waals surface area contributed by atoms with Crippen LogP contribution in [0.5, 0.6) is 0 Å². The van der Waals surface area contributed by atoms with Crippen molar-refractivity contribution in [2.45, 2.75) is 13.0 Å². The minimum absolute atomic E-state index is 0.206. The number of hydrogen-bond donors (Lipinski definition) is 1. The van der Waals surface area contributed by atoms with Gasteiger partial charge in [0.15, 0.2) is 5.82 Å². The molecule has 0 aliphatic heterocycles. The molecule has 4 heteroatoms. The highest BCUT2D eigenvalue weighted by Crippen LogP contribution is 1.90. The van der Waals surface area contributed by atoms with Gasteiger partial charge in [0.05, 0.1) is 12.4 Å². The first-order valence-corrected chi connectivity index (χ1v) is 3.35. The van der Waals surface area contributed by atoms with Crippen molar-refractivity contribution in [3.8, 4) is 11.8 Å². The molecule has 0 radical (unpaired) electrons. The van der Waals surface area contributed by atoms with Gasteiger partial charge in [0.1, 0.15) is 6.10 Å².